The summed E-state index contributed by atoms with van der Waals surface area (Å²) in [6, 6.07) is 5.80. The lowest BCUT2D eigenvalue weighted by Crippen LogP contribution is -2.37. The average molecular weight is 336 g/mol. The van der Waals surface area contributed by atoms with E-state index >= 15 is 0 Å². The zero-order valence-electron chi connectivity index (χ0n) is 8.72. The Morgan fingerprint density at radius 3 is 2.76 bits per heavy atom. The van der Waals surface area contributed by atoms with E-state index in [9.17, 15) is 13.2 Å². The molecular weight excluding hydrogens is 326 g/mol. The Kier molecular flexibility index (Phi) is 3.92. The molecule has 1 aliphatic heterocycles. The fourth-order valence-corrected chi connectivity index (χ4v) is 4.33. The molecule has 0 radical (unpaired) electrons. The summed E-state index contributed by atoms with van der Waals surface area (Å²) in [6.45, 7) is 0. The Labute approximate surface area is 112 Å². The predicted octanol–water partition coefficient (Wildman–Crippen LogP) is 1.76. The van der Waals surface area contributed by atoms with Gasteiger partial charge in [-0.25, -0.2) is 8.42 Å². The molecule has 0 spiro atoms. The minimum Gasteiger partial charge on any atom is -0.285 e. The first kappa shape index (κ1) is 13.1. The van der Waals surface area contributed by atoms with E-state index in [0.717, 1.165) is 0 Å². The zero-order chi connectivity index (χ0) is 12.5. The predicted molar refractivity (Wildman–Crippen MR) is 70.3 cm³/mol. The Hall–Kier alpha value is -0.370. The zero-order valence-corrected chi connectivity index (χ0v) is 11.9. The standard InChI is InChI=1S/C10H10BrNO3S2/c11-7-2-1-3-8(6-7)17(14,15)12-9-4-5-16-10(9)13/h1-3,6,9,12H,4-5H2. The summed E-state index contributed by atoms with van der Waals surface area (Å²) in [5, 5.41) is -0.108. The van der Waals surface area contributed by atoms with Gasteiger partial charge in [-0.05, 0) is 24.6 Å². The van der Waals surface area contributed by atoms with Gasteiger partial charge in [-0.15, -0.1) is 0 Å². The van der Waals surface area contributed by atoms with Crippen molar-refractivity contribution in [1.82, 2.24) is 4.72 Å². The number of sulfonamides is 1. The fourth-order valence-electron chi connectivity index (χ4n) is 1.49. The van der Waals surface area contributed by atoms with E-state index in [2.05, 4.69) is 20.7 Å². The van der Waals surface area contributed by atoms with Crippen molar-refractivity contribution in [1.29, 1.82) is 0 Å². The molecule has 0 bridgehead atoms. The lowest BCUT2D eigenvalue weighted by Gasteiger charge is -2.11. The monoisotopic (exact) mass is 335 g/mol. The van der Waals surface area contributed by atoms with Gasteiger partial charge in [-0.3, -0.25) is 4.79 Å². The van der Waals surface area contributed by atoms with Gasteiger partial charge in [0, 0.05) is 10.2 Å². The van der Waals surface area contributed by atoms with E-state index < -0.39 is 16.1 Å². The van der Waals surface area contributed by atoms with Crippen molar-refractivity contribution in [3.05, 3.63) is 28.7 Å². The van der Waals surface area contributed by atoms with E-state index in [4.69, 9.17) is 0 Å². The van der Waals surface area contributed by atoms with Crippen LogP contribution in [0.5, 0.6) is 0 Å². The number of carbonyl (C=O) groups excluding carboxylic acids is 1. The molecule has 0 saturated carbocycles. The number of hydrogen-bond acceptors (Lipinski definition) is 4. The third-order valence-corrected chi connectivity index (χ3v) is 5.31. The largest absolute Gasteiger partial charge is 0.285 e. The van der Waals surface area contributed by atoms with Crippen LogP contribution in [0.3, 0.4) is 0 Å². The van der Waals surface area contributed by atoms with E-state index in [-0.39, 0.29) is 10.0 Å². The summed E-state index contributed by atoms with van der Waals surface area (Å²) in [5.74, 6) is 0.671. The van der Waals surface area contributed by atoms with Crippen LogP contribution in [0, 0.1) is 0 Å². The Morgan fingerprint density at radius 1 is 1.41 bits per heavy atom. The van der Waals surface area contributed by atoms with Crippen LogP contribution < -0.4 is 4.72 Å². The second kappa shape index (κ2) is 5.09. The van der Waals surface area contributed by atoms with E-state index in [0.29, 0.717) is 16.6 Å². The highest BCUT2D eigenvalue weighted by Crippen LogP contribution is 2.22. The number of halogens is 1. The molecule has 1 aromatic rings. The molecule has 1 aromatic carbocycles. The van der Waals surface area contributed by atoms with Crippen LogP contribution in [0.2, 0.25) is 0 Å². The van der Waals surface area contributed by atoms with Crippen LogP contribution in [0.1, 0.15) is 6.42 Å². The average Bonchev–Trinajstić information content (AvgIpc) is 2.64. The molecule has 4 nitrogen and oxygen atoms in total. The van der Waals surface area contributed by atoms with Crippen molar-refractivity contribution < 1.29 is 13.2 Å². The maximum absolute atomic E-state index is 12.0. The number of nitrogens with one attached hydrogen (secondary N) is 1. The third-order valence-electron chi connectivity index (χ3n) is 2.34. The van der Waals surface area contributed by atoms with Gasteiger partial charge in [0.2, 0.25) is 15.1 Å². The van der Waals surface area contributed by atoms with Crippen molar-refractivity contribution in [2.75, 3.05) is 5.75 Å². The Balaban J connectivity index is 2.22. The molecule has 1 aliphatic rings. The number of thioether (sulfide) groups is 1. The molecule has 1 saturated heterocycles. The second-order valence-electron chi connectivity index (χ2n) is 3.59. The highest BCUT2D eigenvalue weighted by Gasteiger charge is 2.30. The molecule has 1 heterocycles. The van der Waals surface area contributed by atoms with Crippen LogP contribution in [0.15, 0.2) is 33.6 Å². The van der Waals surface area contributed by atoms with Crippen LogP contribution in [0.25, 0.3) is 0 Å². The molecule has 0 aliphatic carbocycles. The molecule has 1 fully saturated rings. The molecule has 1 atom stereocenters. The number of benzene rings is 1. The smallest absolute Gasteiger partial charge is 0.241 e. The number of rotatable bonds is 3. The number of carbonyl (C=O) groups is 1. The molecular formula is C10H10BrNO3S2. The van der Waals surface area contributed by atoms with E-state index in [1.165, 1.54) is 23.9 Å². The molecule has 7 heteroatoms. The highest BCUT2D eigenvalue weighted by molar-refractivity contribution is 9.10. The molecule has 0 aromatic heterocycles. The minimum absolute atomic E-state index is 0.108. The molecule has 0 amide bonds. The first-order valence-electron chi connectivity index (χ1n) is 4.93. The topological polar surface area (TPSA) is 63.2 Å². The lowest BCUT2D eigenvalue weighted by atomic mass is 10.3. The summed E-state index contributed by atoms with van der Waals surface area (Å²) in [6.07, 6.45) is 0.552. The van der Waals surface area contributed by atoms with Crippen molar-refractivity contribution in [3.8, 4) is 0 Å². The van der Waals surface area contributed by atoms with Gasteiger partial charge >= 0.3 is 0 Å². The SMILES string of the molecule is O=C1SCCC1NS(=O)(=O)c1cccc(Br)c1. The van der Waals surface area contributed by atoms with Gasteiger partial charge in [-0.1, -0.05) is 33.8 Å². The third kappa shape index (κ3) is 3.09. The molecule has 1 N–H and O–H groups in total. The van der Waals surface area contributed by atoms with Crippen LogP contribution in [-0.2, 0) is 14.8 Å². The van der Waals surface area contributed by atoms with Gasteiger partial charge < -0.3 is 0 Å². The lowest BCUT2D eigenvalue weighted by molar-refractivity contribution is -0.111. The molecule has 17 heavy (non-hydrogen) atoms. The molecule has 2 rings (SSSR count). The summed E-state index contributed by atoms with van der Waals surface area (Å²) in [4.78, 5) is 11.5. The van der Waals surface area contributed by atoms with Gasteiger partial charge in [0.15, 0.2) is 0 Å². The molecule has 1 unspecified atom stereocenters. The molecule has 92 valence electrons. The minimum atomic E-state index is -3.61. The summed E-state index contributed by atoms with van der Waals surface area (Å²) in [5.41, 5.74) is 0. The normalized spacial score (nSPS) is 20.8. The van der Waals surface area contributed by atoms with Gasteiger partial charge in [0.25, 0.3) is 0 Å². The maximum atomic E-state index is 12.0. The van der Waals surface area contributed by atoms with Crippen molar-refractivity contribution in [3.63, 3.8) is 0 Å². The second-order valence-corrected chi connectivity index (χ2v) is 7.32. The van der Waals surface area contributed by atoms with E-state index in [1.807, 2.05) is 0 Å². The van der Waals surface area contributed by atoms with Gasteiger partial charge in [-0.2, -0.15) is 4.72 Å². The summed E-state index contributed by atoms with van der Waals surface area (Å²) >= 11 is 4.39. The van der Waals surface area contributed by atoms with Crippen LogP contribution >= 0.6 is 27.7 Å². The quantitative estimate of drug-likeness (QED) is 0.914. The van der Waals surface area contributed by atoms with Gasteiger partial charge in [0.05, 0.1) is 10.9 Å². The Bertz CT molecular complexity index is 544. The number of hydrogen-bond donors (Lipinski definition) is 1. The van der Waals surface area contributed by atoms with Crippen molar-refractivity contribution >= 4 is 42.8 Å². The first-order valence-corrected chi connectivity index (χ1v) is 8.20. The van der Waals surface area contributed by atoms with Gasteiger partial charge in [0.1, 0.15) is 0 Å². The maximum Gasteiger partial charge on any atom is 0.241 e. The first-order chi connectivity index (χ1) is 7.99. The fraction of sp³-hybridized carbons (Fsp3) is 0.300. The van der Waals surface area contributed by atoms with Crippen molar-refractivity contribution in [2.45, 2.75) is 17.4 Å². The highest BCUT2D eigenvalue weighted by atomic mass is 79.9. The summed E-state index contributed by atoms with van der Waals surface area (Å²) in [7, 11) is -3.61. The Morgan fingerprint density at radius 2 is 2.18 bits per heavy atom. The van der Waals surface area contributed by atoms with Crippen LogP contribution in [0.4, 0.5) is 0 Å². The summed E-state index contributed by atoms with van der Waals surface area (Å²) < 4.78 is 27.1. The van der Waals surface area contributed by atoms with Crippen LogP contribution in [-0.4, -0.2) is 25.3 Å². The van der Waals surface area contributed by atoms with E-state index in [1.54, 1.807) is 12.1 Å². The van der Waals surface area contributed by atoms with Crippen molar-refractivity contribution in [2.24, 2.45) is 0 Å².